The van der Waals surface area contributed by atoms with Crippen LogP contribution in [-0.2, 0) is 6.18 Å². The van der Waals surface area contributed by atoms with Gasteiger partial charge in [0.25, 0.3) is 0 Å². The molecule has 1 aromatic rings. The lowest BCUT2D eigenvalue weighted by Crippen LogP contribution is -2.17. The van der Waals surface area contributed by atoms with E-state index < -0.39 is 11.7 Å². The Morgan fingerprint density at radius 3 is 2.25 bits per heavy atom. The largest absolute Gasteiger partial charge is 0.416 e. The Balaban J connectivity index is 0.00000225. The van der Waals surface area contributed by atoms with Crippen molar-refractivity contribution in [3.05, 3.63) is 35.4 Å². The molecular weight excluding hydrogens is 239 g/mol. The molecule has 0 aliphatic heterocycles. The molecule has 0 radical (unpaired) electrons. The van der Waals surface area contributed by atoms with Gasteiger partial charge in [0.05, 0.1) is 5.56 Å². The summed E-state index contributed by atoms with van der Waals surface area (Å²) in [5.74, 6) is -0.220. The van der Waals surface area contributed by atoms with Gasteiger partial charge in [0.1, 0.15) is 0 Å². The van der Waals surface area contributed by atoms with Crippen LogP contribution in [0, 0.1) is 0 Å². The van der Waals surface area contributed by atoms with Crippen LogP contribution in [-0.4, -0.2) is 6.54 Å². The van der Waals surface area contributed by atoms with E-state index >= 15 is 0 Å². The minimum atomic E-state index is -4.29. The summed E-state index contributed by atoms with van der Waals surface area (Å²) in [6.45, 7) is 2.08. The first kappa shape index (κ1) is 15.3. The van der Waals surface area contributed by atoms with Gasteiger partial charge in [-0.3, -0.25) is 0 Å². The van der Waals surface area contributed by atoms with Crippen molar-refractivity contribution in [3.63, 3.8) is 0 Å². The van der Waals surface area contributed by atoms with Crippen LogP contribution in [0.1, 0.15) is 30.4 Å². The van der Waals surface area contributed by atoms with Gasteiger partial charge in [0.15, 0.2) is 0 Å². The third kappa shape index (κ3) is 3.39. The molecule has 1 unspecified atom stereocenters. The van der Waals surface area contributed by atoms with Crippen molar-refractivity contribution in [3.8, 4) is 0 Å². The maximum atomic E-state index is 12.6. The molecule has 0 spiro atoms. The van der Waals surface area contributed by atoms with Gasteiger partial charge >= 0.3 is 6.18 Å². The summed E-state index contributed by atoms with van der Waals surface area (Å²) >= 11 is 0. The van der Waals surface area contributed by atoms with Crippen molar-refractivity contribution in [2.45, 2.75) is 25.4 Å². The van der Waals surface area contributed by atoms with Crippen molar-refractivity contribution >= 4 is 12.4 Å². The molecule has 1 nitrogen and oxygen atoms in total. The van der Waals surface area contributed by atoms with E-state index in [1.165, 1.54) is 12.1 Å². The highest BCUT2D eigenvalue weighted by Gasteiger charge is 2.34. The lowest BCUT2D eigenvalue weighted by Gasteiger charge is -2.18. The van der Waals surface area contributed by atoms with E-state index in [1.807, 2.05) is 6.92 Å². The number of hydrogen-bond donors (Lipinski definition) is 1. The summed E-state index contributed by atoms with van der Waals surface area (Å²) < 4.78 is 37.9. The van der Waals surface area contributed by atoms with Crippen molar-refractivity contribution in [1.82, 2.24) is 0 Å². The van der Waals surface area contributed by atoms with Crippen LogP contribution in [0.3, 0.4) is 0 Å². The fourth-order valence-electron chi connectivity index (χ4n) is 1.62. The molecular formula is C11H15ClF3N. The Morgan fingerprint density at radius 1 is 1.25 bits per heavy atom. The smallest absolute Gasteiger partial charge is 0.330 e. The normalized spacial score (nSPS) is 13.1. The molecule has 0 aromatic heterocycles. The highest BCUT2D eigenvalue weighted by Crippen LogP contribution is 2.35. The van der Waals surface area contributed by atoms with Gasteiger partial charge in [-0.25, -0.2) is 0 Å². The Kier molecular flexibility index (Phi) is 5.83. The Bertz CT molecular complexity index is 321. The van der Waals surface area contributed by atoms with E-state index in [2.05, 4.69) is 0 Å². The van der Waals surface area contributed by atoms with Crippen LogP contribution in [0.15, 0.2) is 24.3 Å². The number of alkyl halides is 3. The van der Waals surface area contributed by atoms with Gasteiger partial charge in [-0.1, -0.05) is 25.1 Å². The van der Waals surface area contributed by atoms with Gasteiger partial charge in [0, 0.05) is 0 Å². The first-order chi connectivity index (χ1) is 7.00. The summed E-state index contributed by atoms with van der Waals surface area (Å²) in [4.78, 5) is 0. The van der Waals surface area contributed by atoms with Gasteiger partial charge in [-0.2, -0.15) is 13.2 Å². The summed E-state index contributed by atoms with van der Waals surface area (Å²) in [6, 6.07) is 5.62. The van der Waals surface area contributed by atoms with Crippen LogP contribution >= 0.6 is 12.4 Å². The lowest BCUT2D eigenvalue weighted by molar-refractivity contribution is -0.138. The van der Waals surface area contributed by atoms with Gasteiger partial charge in [0.2, 0.25) is 0 Å². The highest BCUT2D eigenvalue weighted by atomic mass is 35.5. The van der Waals surface area contributed by atoms with E-state index in [0.29, 0.717) is 12.0 Å². The quantitative estimate of drug-likeness (QED) is 0.876. The number of hydrogen-bond acceptors (Lipinski definition) is 1. The standard InChI is InChI=1S/C11H14F3N.ClH/c1-2-8(7-15)9-5-3-4-6-10(9)11(12,13)14;/h3-6,8H,2,7,15H2,1H3;1H. The fourth-order valence-corrected chi connectivity index (χ4v) is 1.62. The molecule has 1 rings (SSSR count). The predicted molar refractivity (Wildman–Crippen MR) is 60.8 cm³/mol. The summed E-state index contributed by atoms with van der Waals surface area (Å²) in [5, 5.41) is 0. The van der Waals surface area contributed by atoms with Crippen LogP contribution < -0.4 is 5.73 Å². The predicted octanol–water partition coefficient (Wildman–Crippen LogP) is 3.58. The molecule has 1 aromatic carbocycles. The summed E-state index contributed by atoms with van der Waals surface area (Å²) in [5.41, 5.74) is 5.19. The highest BCUT2D eigenvalue weighted by molar-refractivity contribution is 5.85. The first-order valence-electron chi connectivity index (χ1n) is 4.86. The molecule has 1 atom stereocenters. The molecule has 0 fully saturated rings. The number of nitrogens with two attached hydrogens (primary N) is 1. The SMILES string of the molecule is CCC(CN)c1ccccc1C(F)(F)F.Cl. The Labute approximate surface area is 99.2 Å². The average molecular weight is 254 g/mol. The molecule has 0 aliphatic rings. The zero-order valence-electron chi connectivity index (χ0n) is 8.92. The van der Waals surface area contributed by atoms with Crippen LogP contribution in [0.4, 0.5) is 13.2 Å². The topological polar surface area (TPSA) is 26.0 Å². The molecule has 92 valence electrons. The third-order valence-electron chi connectivity index (χ3n) is 2.48. The molecule has 0 amide bonds. The van der Waals surface area contributed by atoms with Gasteiger partial charge in [-0.05, 0) is 30.5 Å². The van der Waals surface area contributed by atoms with E-state index in [0.717, 1.165) is 6.07 Å². The maximum absolute atomic E-state index is 12.6. The van der Waals surface area contributed by atoms with Crippen LogP contribution in [0.2, 0.25) is 0 Å². The molecule has 0 saturated heterocycles. The second-order valence-electron chi connectivity index (χ2n) is 3.43. The minimum Gasteiger partial charge on any atom is -0.330 e. The van der Waals surface area contributed by atoms with Crippen molar-refractivity contribution in [2.24, 2.45) is 5.73 Å². The number of rotatable bonds is 3. The third-order valence-corrected chi connectivity index (χ3v) is 2.48. The summed E-state index contributed by atoms with van der Waals surface area (Å²) in [6.07, 6.45) is -3.68. The molecule has 0 heterocycles. The Hall–Kier alpha value is -0.740. The summed E-state index contributed by atoms with van der Waals surface area (Å²) in [7, 11) is 0. The fraction of sp³-hybridized carbons (Fsp3) is 0.455. The van der Waals surface area contributed by atoms with Crippen LogP contribution in [0.25, 0.3) is 0 Å². The molecule has 0 saturated carbocycles. The van der Waals surface area contributed by atoms with Crippen molar-refractivity contribution < 1.29 is 13.2 Å². The van der Waals surface area contributed by atoms with Gasteiger partial charge in [-0.15, -0.1) is 12.4 Å². The monoisotopic (exact) mass is 253 g/mol. The minimum absolute atomic E-state index is 0. The molecule has 16 heavy (non-hydrogen) atoms. The number of benzene rings is 1. The van der Waals surface area contributed by atoms with E-state index in [9.17, 15) is 13.2 Å². The zero-order chi connectivity index (χ0) is 11.5. The van der Waals surface area contributed by atoms with E-state index in [-0.39, 0.29) is 24.9 Å². The van der Waals surface area contributed by atoms with Crippen molar-refractivity contribution in [2.75, 3.05) is 6.54 Å². The molecule has 2 N–H and O–H groups in total. The average Bonchev–Trinajstić information content (AvgIpc) is 2.19. The number of halogens is 4. The Morgan fingerprint density at radius 2 is 1.81 bits per heavy atom. The maximum Gasteiger partial charge on any atom is 0.416 e. The zero-order valence-corrected chi connectivity index (χ0v) is 9.74. The first-order valence-corrected chi connectivity index (χ1v) is 4.86. The lowest BCUT2D eigenvalue weighted by atomic mass is 9.92. The van der Waals surface area contributed by atoms with E-state index in [1.54, 1.807) is 6.07 Å². The second-order valence-corrected chi connectivity index (χ2v) is 3.43. The van der Waals surface area contributed by atoms with Gasteiger partial charge < -0.3 is 5.73 Å². The van der Waals surface area contributed by atoms with E-state index in [4.69, 9.17) is 5.73 Å². The molecule has 0 bridgehead atoms. The molecule has 0 aliphatic carbocycles. The molecule has 5 heteroatoms. The second kappa shape index (κ2) is 6.11. The van der Waals surface area contributed by atoms with Crippen molar-refractivity contribution in [1.29, 1.82) is 0 Å². The van der Waals surface area contributed by atoms with Crippen LogP contribution in [0.5, 0.6) is 0 Å².